The minimum Gasteiger partial charge on any atom is -0.479 e. The lowest BCUT2D eigenvalue weighted by Crippen LogP contribution is -2.50. The molecule has 0 heterocycles. The van der Waals surface area contributed by atoms with Gasteiger partial charge in [0, 0.05) is 0 Å². The van der Waals surface area contributed by atoms with Gasteiger partial charge < -0.3 is 35.4 Å². The van der Waals surface area contributed by atoms with Gasteiger partial charge in [0.25, 0.3) is 0 Å². The van der Waals surface area contributed by atoms with E-state index < -0.39 is 43.6 Å². The van der Waals surface area contributed by atoms with Crippen LogP contribution in [0.1, 0.15) is 0 Å². The fraction of sp³-hybridized carbons (Fsp3) is 0.875. The molecule has 0 spiro atoms. The van der Waals surface area contributed by atoms with Crippen molar-refractivity contribution >= 4 is 5.97 Å². The molecule has 0 aliphatic carbocycles. The molecule has 0 saturated heterocycles. The second kappa shape index (κ2) is 7.49. The quantitative estimate of drug-likeness (QED) is 0.256. The molecule has 0 amide bonds. The van der Waals surface area contributed by atoms with Crippen molar-refractivity contribution in [3.8, 4) is 0 Å². The summed E-state index contributed by atoms with van der Waals surface area (Å²) in [5.41, 5.74) is 0. The lowest BCUT2D eigenvalue weighted by Gasteiger charge is -2.27. The molecule has 0 radical (unpaired) electrons. The van der Waals surface area contributed by atoms with Crippen LogP contribution in [0.4, 0.5) is 0 Å². The van der Waals surface area contributed by atoms with E-state index in [1.165, 1.54) is 0 Å². The highest BCUT2D eigenvalue weighted by Crippen LogP contribution is 2.09. The Kier molecular flexibility index (Phi) is 7.13. The highest BCUT2D eigenvalue weighted by molar-refractivity contribution is 5.72. The lowest BCUT2D eigenvalue weighted by atomic mass is 10.0. The van der Waals surface area contributed by atoms with Gasteiger partial charge in [0.1, 0.15) is 18.3 Å². The minimum atomic E-state index is -2.15. The Morgan fingerprint density at radius 3 is 2.12 bits per heavy atom. The highest BCUT2D eigenvalue weighted by Gasteiger charge is 2.36. The van der Waals surface area contributed by atoms with Gasteiger partial charge >= 0.3 is 5.97 Å². The third-order valence-corrected chi connectivity index (χ3v) is 1.88. The Balaban J connectivity index is 4.53. The molecule has 8 nitrogen and oxygen atoms in total. The summed E-state index contributed by atoms with van der Waals surface area (Å²) in [4.78, 5) is 10.4. The molecule has 0 rings (SSSR count). The maximum absolute atomic E-state index is 10.4. The molecule has 0 aromatic carbocycles. The van der Waals surface area contributed by atoms with Crippen molar-refractivity contribution in [2.75, 3.05) is 19.8 Å². The summed E-state index contributed by atoms with van der Waals surface area (Å²) < 4.78 is 4.74. The van der Waals surface area contributed by atoms with Crippen LogP contribution in [0.25, 0.3) is 0 Å². The first-order valence-electron chi connectivity index (χ1n) is 4.56. The maximum atomic E-state index is 10.4. The highest BCUT2D eigenvalue weighted by atomic mass is 16.5. The number of hydrogen-bond acceptors (Lipinski definition) is 7. The molecule has 16 heavy (non-hydrogen) atoms. The number of carbonyl (C=O) groups is 1. The number of carboxylic acids is 1. The van der Waals surface area contributed by atoms with Gasteiger partial charge in [-0.2, -0.15) is 0 Å². The zero-order valence-corrected chi connectivity index (χ0v) is 8.43. The van der Waals surface area contributed by atoms with Gasteiger partial charge in [-0.25, -0.2) is 4.79 Å². The van der Waals surface area contributed by atoms with Crippen LogP contribution < -0.4 is 0 Å². The predicted octanol–water partition coefficient (Wildman–Crippen LogP) is -3.48. The van der Waals surface area contributed by atoms with Crippen molar-refractivity contribution in [3.63, 3.8) is 0 Å². The molecule has 0 saturated carbocycles. The van der Waals surface area contributed by atoms with E-state index in [4.69, 9.17) is 25.2 Å². The van der Waals surface area contributed by atoms with Crippen LogP contribution in [-0.4, -0.2) is 80.8 Å². The molecule has 96 valence electrons. The summed E-state index contributed by atoms with van der Waals surface area (Å²) in [7, 11) is 0. The minimum absolute atomic E-state index is 0.273. The molecule has 0 aliphatic heterocycles. The van der Waals surface area contributed by atoms with Crippen LogP contribution in [0.5, 0.6) is 0 Å². The van der Waals surface area contributed by atoms with Crippen molar-refractivity contribution in [1.29, 1.82) is 0 Å². The number of rotatable bonds is 8. The summed E-state index contributed by atoms with van der Waals surface area (Å²) in [6.07, 6.45) is -7.12. The van der Waals surface area contributed by atoms with Gasteiger partial charge in [0.2, 0.25) is 0 Å². The van der Waals surface area contributed by atoms with E-state index in [9.17, 15) is 15.0 Å². The molecule has 6 N–H and O–H groups in total. The largest absolute Gasteiger partial charge is 0.479 e. The number of aliphatic hydroxyl groups is 5. The second-order valence-corrected chi connectivity index (χ2v) is 3.08. The molecule has 0 aliphatic rings. The smallest absolute Gasteiger partial charge is 0.335 e. The standard InChI is InChI=1S/C8H16O8/c9-1-2-16-7(4(11)3-10)5(12)6(13)8(14)15/h4-7,9-13H,1-3H2,(H,14,15). The Hall–Kier alpha value is -0.770. The van der Waals surface area contributed by atoms with Crippen LogP contribution in [0.2, 0.25) is 0 Å². The van der Waals surface area contributed by atoms with Crippen molar-refractivity contribution in [2.24, 2.45) is 0 Å². The summed E-state index contributed by atoms with van der Waals surface area (Å²) >= 11 is 0. The summed E-state index contributed by atoms with van der Waals surface area (Å²) in [6.45, 7) is -1.46. The maximum Gasteiger partial charge on any atom is 0.335 e. The number of aliphatic hydroxyl groups excluding tert-OH is 5. The zero-order chi connectivity index (χ0) is 12.7. The van der Waals surface area contributed by atoms with Gasteiger partial charge in [0.15, 0.2) is 6.10 Å². The van der Waals surface area contributed by atoms with Crippen LogP contribution in [-0.2, 0) is 9.53 Å². The monoisotopic (exact) mass is 240 g/mol. The third kappa shape index (κ3) is 4.39. The third-order valence-electron chi connectivity index (χ3n) is 1.88. The Morgan fingerprint density at radius 1 is 1.19 bits per heavy atom. The van der Waals surface area contributed by atoms with Gasteiger partial charge in [-0.05, 0) is 0 Å². The number of aliphatic carboxylic acids is 1. The van der Waals surface area contributed by atoms with Crippen molar-refractivity contribution in [2.45, 2.75) is 24.4 Å². The van der Waals surface area contributed by atoms with E-state index in [1.54, 1.807) is 0 Å². The van der Waals surface area contributed by atoms with E-state index in [-0.39, 0.29) is 6.61 Å². The molecule has 4 unspecified atom stereocenters. The van der Waals surface area contributed by atoms with E-state index >= 15 is 0 Å². The van der Waals surface area contributed by atoms with Crippen LogP contribution >= 0.6 is 0 Å². The Bertz CT molecular complexity index is 208. The van der Waals surface area contributed by atoms with E-state index in [2.05, 4.69) is 0 Å². The molecule has 0 aromatic heterocycles. The molecule has 8 heteroatoms. The molecule has 0 bridgehead atoms. The molecule has 0 aromatic rings. The first-order chi connectivity index (χ1) is 7.45. The SMILES string of the molecule is O=C(O)C(O)C(O)C(OCCO)C(O)CO. The van der Waals surface area contributed by atoms with Gasteiger partial charge in [-0.15, -0.1) is 0 Å². The lowest BCUT2D eigenvalue weighted by molar-refractivity contribution is -0.172. The summed E-state index contributed by atoms with van der Waals surface area (Å²) in [5, 5.41) is 53.1. The second-order valence-electron chi connectivity index (χ2n) is 3.08. The zero-order valence-electron chi connectivity index (χ0n) is 8.43. The summed E-state index contributed by atoms with van der Waals surface area (Å²) in [6, 6.07) is 0. The van der Waals surface area contributed by atoms with Crippen molar-refractivity contribution in [3.05, 3.63) is 0 Å². The molecule has 0 fully saturated rings. The normalized spacial score (nSPS) is 18.8. The fourth-order valence-electron chi connectivity index (χ4n) is 1.06. The van der Waals surface area contributed by atoms with Crippen LogP contribution in [0, 0.1) is 0 Å². The number of hydrogen-bond donors (Lipinski definition) is 6. The first-order valence-corrected chi connectivity index (χ1v) is 4.56. The van der Waals surface area contributed by atoms with Gasteiger partial charge in [-0.3, -0.25) is 0 Å². The number of ether oxygens (including phenoxy) is 1. The molecule has 4 atom stereocenters. The fourth-order valence-corrected chi connectivity index (χ4v) is 1.06. The Labute approximate surface area is 91.3 Å². The van der Waals surface area contributed by atoms with Crippen molar-refractivity contribution in [1.82, 2.24) is 0 Å². The van der Waals surface area contributed by atoms with Crippen molar-refractivity contribution < 1.29 is 40.2 Å². The van der Waals surface area contributed by atoms with Crippen LogP contribution in [0.3, 0.4) is 0 Å². The van der Waals surface area contributed by atoms with E-state index in [0.717, 1.165) is 0 Å². The van der Waals surface area contributed by atoms with E-state index in [0.29, 0.717) is 0 Å². The van der Waals surface area contributed by atoms with Gasteiger partial charge in [-0.1, -0.05) is 0 Å². The van der Waals surface area contributed by atoms with E-state index in [1.807, 2.05) is 0 Å². The predicted molar refractivity (Wildman–Crippen MR) is 49.6 cm³/mol. The molecular weight excluding hydrogens is 224 g/mol. The van der Waals surface area contributed by atoms with Gasteiger partial charge in [0.05, 0.1) is 19.8 Å². The average molecular weight is 240 g/mol. The topological polar surface area (TPSA) is 148 Å². The van der Waals surface area contributed by atoms with Crippen LogP contribution in [0.15, 0.2) is 0 Å². The number of carboxylic acid groups (broad SMARTS) is 1. The first kappa shape index (κ1) is 15.2. The Morgan fingerprint density at radius 2 is 1.75 bits per heavy atom. The average Bonchev–Trinajstić information content (AvgIpc) is 2.27. The summed E-state index contributed by atoms with van der Waals surface area (Å²) in [5.74, 6) is -1.68. The molecular formula is C8H16O8.